The van der Waals surface area contributed by atoms with Crippen LogP contribution in [0.1, 0.15) is 62.0 Å². The lowest BCUT2D eigenvalue weighted by Gasteiger charge is -2.34. The van der Waals surface area contributed by atoms with E-state index in [1.165, 1.54) is 0 Å². The molecular weight excluding hydrogens is 478 g/mol. The van der Waals surface area contributed by atoms with E-state index in [0.29, 0.717) is 42.3 Å². The zero-order valence-corrected chi connectivity index (χ0v) is 22.1. The number of halogens is 1. The number of nitrogens with one attached hydrogen (secondary N) is 2. The van der Waals surface area contributed by atoms with Gasteiger partial charge in [-0.25, -0.2) is 4.90 Å². The van der Waals surface area contributed by atoms with Crippen molar-refractivity contribution < 1.29 is 24.3 Å². The molecule has 2 unspecified atom stereocenters. The van der Waals surface area contributed by atoms with Crippen LogP contribution in [0.3, 0.4) is 0 Å². The molecule has 8 heteroatoms. The third kappa shape index (κ3) is 6.34. The topological polar surface area (TPSA) is 84.6 Å². The van der Waals surface area contributed by atoms with Gasteiger partial charge in [0.25, 0.3) is 5.91 Å². The Morgan fingerprint density at radius 2 is 2.00 bits per heavy atom. The number of aliphatic hydroxyl groups is 1. The van der Waals surface area contributed by atoms with Crippen LogP contribution in [0.5, 0.6) is 5.75 Å². The van der Waals surface area contributed by atoms with Gasteiger partial charge >= 0.3 is 0 Å². The number of benzene rings is 2. The van der Waals surface area contributed by atoms with Gasteiger partial charge in [-0.2, -0.15) is 4.99 Å². The van der Waals surface area contributed by atoms with Crippen molar-refractivity contribution in [3.05, 3.63) is 70.4 Å². The molecule has 0 saturated carbocycles. The number of amidine groups is 1. The van der Waals surface area contributed by atoms with Crippen molar-refractivity contribution in [2.75, 3.05) is 13.2 Å². The van der Waals surface area contributed by atoms with Crippen molar-refractivity contribution >= 4 is 29.0 Å². The molecule has 2 heterocycles. The van der Waals surface area contributed by atoms with E-state index in [4.69, 9.17) is 26.1 Å². The molecule has 0 aliphatic carbocycles. The van der Waals surface area contributed by atoms with Gasteiger partial charge in [-0.15, -0.1) is 0 Å². The summed E-state index contributed by atoms with van der Waals surface area (Å²) in [5.74, 6) is 1.43. The second-order valence-corrected chi connectivity index (χ2v) is 10.4. The fourth-order valence-electron chi connectivity index (χ4n) is 4.43. The number of carbonyl (C=O) groups is 1. The second kappa shape index (κ2) is 11.1. The summed E-state index contributed by atoms with van der Waals surface area (Å²) < 4.78 is 11.5. The first-order valence-electron chi connectivity index (χ1n) is 12.4. The highest BCUT2D eigenvalue weighted by molar-refractivity contribution is 6.32. The Labute approximate surface area is 217 Å². The fourth-order valence-corrected chi connectivity index (χ4v) is 4.66. The van der Waals surface area contributed by atoms with E-state index in [2.05, 4.69) is 25.4 Å². The molecule has 1 saturated heterocycles. The predicted octanol–water partition coefficient (Wildman–Crippen LogP) is 3.60. The second-order valence-electron chi connectivity index (χ2n) is 10.0. The molecule has 4 rings (SSSR count). The first-order chi connectivity index (χ1) is 17.1. The van der Waals surface area contributed by atoms with E-state index < -0.39 is 6.10 Å². The minimum atomic E-state index is -0.566. The lowest BCUT2D eigenvalue weighted by atomic mass is 10.0. The third-order valence-corrected chi connectivity index (χ3v) is 6.63. The van der Waals surface area contributed by atoms with Crippen LogP contribution in [0, 0.1) is 0 Å². The van der Waals surface area contributed by atoms with E-state index in [1.54, 1.807) is 18.2 Å². The number of fused-ring (bicyclic) bond motifs is 1. The highest BCUT2D eigenvalue weighted by Gasteiger charge is 2.42. The third-order valence-electron chi connectivity index (χ3n) is 6.34. The Hall–Kier alpha value is -2.71. The van der Waals surface area contributed by atoms with Crippen LogP contribution in [0.15, 0.2) is 53.7 Å². The molecule has 2 aromatic carbocycles. The van der Waals surface area contributed by atoms with E-state index >= 15 is 0 Å². The SMILES string of the molecule is CC(C)Oc1ccc(C(=O)NCCC(O)Cc2ccc(C3=C[NH+]4C(=N3)CCOC4(C)C)cc2)cc1Cl. The molecule has 0 bridgehead atoms. The maximum atomic E-state index is 12.4. The summed E-state index contributed by atoms with van der Waals surface area (Å²) in [7, 11) is 0. The molecule has 1 fully saturated rings. The highest BCUT2D eigenvalue weighted by Crippen LogP contribution is 2.26. The van der Waals surface area contributed by atoms with E-state index in [0.717, 1.165) is 34.0 Å². The van der Waals surface area contributed by atoms with Gasteiger partial charge in [-0.1, -0.05) is 35.9 Å². The molecule has 2 aliphatic heterocycles. The Kier molecular flexibility index (Phi) is 8.15. The number of carbonyl (C=O) groups excluding carboxylic acids is 1. The summed E-state index contributed by atoms with van der Waals surface area (Å²) in [6.07, 6.45) is 3.35. The van der Waals surface area contributed by atoms with E-state index in [1.807, 2.05) is 38.1 Å². The zero-order valence-electron chi connectivity index (χ0n) is 21.3. The number of amides is 1. The fraction of sp³-hybridized carbons (Fsp3) is 0.429. The Morgan fingerprint density at radius 1 is 1.25 bits per heavy atom. The molecule has 0 radical (unpaired) electrons. The molecule has 192 valence electrons. The van der Waals surface area contributed by atoms with E-state index in [-0.39, 0.29) is 17.7 Å². The summed E-state index contributed by atoms with van der Waals surface area (Å²) in [4.78, 5) is 18.4. The van der Waals surface area contributed by atoms with Gasteiger partial charge in [0.15, 0.2) is 0 Å². The molecule has 2 aliphatic rings. The zero-order chi connectivity index (χ0) is 25.9. The van der Waals surface area contributed by atoms with Crippen LogP contribution in [-0.4, -0.2) is 47.9 Å². The molecule has 1 amide bonds. The first kappa shape index (κ1) is 26.4. The largest absolute Gasteiger partial charge is 0.489 e. The van der Waals surface area contributed by atoms with Gasteiger partial charge in [0.2, 0.25) is 11.6 Å². The molecule has 36 heavy (non-hydrogen) atoms. The van der Waals surface area contributed by atoms with Crippen LogP contribution >= 0.6 is 11.6 Å². The van der Waals surface area contributed by atoms with Crippen molar-refractivity contribution in [2.45, 2.75) is 64.9 Å². The number of rotatable bonds is 9. The molecule has 0 spiro atoms. The number of hydrogen-bond acceptors (Lipinski definition) is 5. The normalized spacial score (nSPS) is 19.4. The maximum Gasteiger partial charge on any atom is 0.251 e. The van der Waals surface area contributed by atoms with Gasteiger partial charge in [-0.3, -0.25) is 4.79 Å². The van der Waals surface area contributed by atoms with Crippen molar-refractivity contribution in [3.63, 3.8) is 0 Å². The van der Waals surface area contributed by atoms with Crippen molar-refractivity contribution in [3.8, 4) is 5.75 Å². The minimum absolute atomic E-state index is 0.000498. The van der Waals surface area contributed by atoms with Gasteiger partial charge < -0.3 is 19.9 Å². The van der Waals surface area contributed by atoms with Gasteiger partial charge in [-0.05, 0) is 50.5 Å². The van der Waals surface area contributed by atoms with E-state index in [9.17, 15) is 9.90 Å². The van der Waals surface area contributed by atoms with Crippen LogP contribution in [0.25, 0.3) is 5.70 Å². The van der Waals surface area contributed by atoms with Crippen LogP contribution in [-0.2, 0) is 11.2 Å². The smallest absolute Gasteiger partial charge is 0.251 e. The average molecular weight is 513 g/mol. The first-order valence-corrected chi connectivity index (χ1v) is 12.8. The molecule has 2 aromatic rings. The molecular formula is C28H35ClN3O4+. The van der Waals surface area contributed by atoms with Crippen LogP contribution < -0.4 is 15.0 Å². The highest BCUT2D eigenvalue weighted by atomic mass is 35.5. The van der Waals surface area contributed by atoms with Gasteiger partial charge in [0.1, 0.15) is 17.6 Å². The monoisotopic (exact) mass is 512 g/mol. The molecule has 7 nitrogen and oxygen atoms in total. The Bertz CT molecular complexity index is 1160. The molecule has 0 aromatic heterocycles. The van der Waals surface area contributed by atoms with Gasteiger partial charge in [0, 0.05) is 31.5 Å². The number of aliphatic imine (C=N–C) groups is 1. The van der Waals surface area contributed by atoms with Crippen molar-refractivity contribution in [1.29, 1.82) is 0 Å². The van der Waals surface area contributed by atoms with Gasteiger partial charge in [0.05, 0.1) is 30.3 Å². The van der Waals surface area contributed by atoms with Crippen LogP contribution in [0.4, 0.5) is 0 Å². The Morgan fingerprint density at radius 3 is 2.67 bits per heavy atom. The summed E-state index contributed by atoms with van der Waals surface area (Å²) in [5, 5.41) is 13.7. The molecule has 2 atom stereocenters. The molecule has 3 N–H and O–H groups in total. The van der Waals surface area contributed by atoms with Crippen LogP contribution in [0.2, 0.25) is 5.02 Å². The Balaban J connectivity index is 1.26. The summed E-state index contributed by atoms with van der Waals surface area (Å²) in [6, 6.07) is 13.1. The number of nitrogens with zero attached hydrogens (tertiary/aromatic N) is 1. The summed E-state index contributed by atoms with van der Waals surface area (Å²) in [5.41, 5.74) is 3.19. The maximum absolute atomic E-state index is 12.4. The van der Waals surface area contributed by atoms with Crippen molar-refractivity contribution in [2.24, 2.45) is 4.99 Å². The standard InChI is InChI=1S/C28H34ClN3O4/c1-18(2)36-25-10-9-21(16-23(25)29)27(34)30-13-11-22(33)15-19-5-7-20(8-6-19)24-17-32-26(31-24)12-14-35-28(32,3)4/h5-10,16-18,22,33H,11-15H2,1-4H3,(H,30,34)/p+1. The lowest BCUT2D eigenvalue weighted by molar-refractivity contribution is -0.848. The number of ether oxygens (including phenoxy) is 2. The number of quaternary nitrogens is 1. The number of aliphatic hydroxyl groups excluding tert-OH is 1. The average Bonchev–Trinajstić information content (AvgIpc) is 3.26. The van der Waals surface area contributed by atoms with Crippen molar-refractivity contribution in [1.82, 2.24) is 5.32 Å². The predicted molar refractivity (Wildman–Crippen MR) is 141 cm³/mol. The quantitative estimate of drug-likeness (QED) is 0.479. The lowest BCUT2D eigenvalue weighted by Crippen LogP contribution is -3.18. The summed E-state index contributed by atoms with van der Waals surface area (Å²) >= 11 is 6.23. The minimum Gasteiger partial charge on any atom is -0.489 e. The summed E-state index contributed by atoms with van der Waals surface area (Å²) in [6.45, 7) is 9.05. The number of hydrogen-bond donors (Lipinski definition) is 3.